The fourth-order valence-corrected chi connectivity index (χ4v) is 2.68. The Hall–Kier alpha value is -2.34. The topological polar surface area (TPSA) is 214 Å². The van der Waals surface area contributed by atoms with Crippen LogP contribution < -0.4 is 17.2 Å². The fraction of sp³-hybridized carbons (Fsp3) is 0.438. The lowest BCUT2D eigenvalue weighted by molar-refractivity contribution is -0.154. The number of hydrogen-bond acceptors (Lipinski definition) is 10. The molecule has 0 aromatic heterocycles. The van der Waals surface area contributed by atoms with Gasteiger partial charge in [-0.1, -0.05) is 30.3 Å². The molecule has 8 N–H and O–H groups in total. The molecule has 1 rings (SSSR count). The summed E-state index contributed by atoms with van der Waals surface area (Å²) in [5.74, 6) is -3.72. The molecule has 0 fully saturated rings. The van der Waals surface area contributed by atoms with Crippen LogP contribution in [-0.2, 0) is 39.2 Å². The monoisotopic (exact) mass is 433 g/mol. The molecular formula is C16H24N3O9P. The third-order valence-corrected chi connectivity index (χ3v) is 4.51. The molecule has 0 amide bonds. The van der Waals surface area contributed by atoms with Gasteiger partial charge in [-0.15, -0.1) is 0 Å². The Kier molecular flexibility index (Phi) is 9.37. The smallest absolute Gasteiger partial charge is 0.480 e. The number of carbonyl (C=O) groups excluding carboxylic acids is 2. The normalized spacial score (nSPS) is 17.3. The number of carbonyl (C=O) groups is 3. The number of hydrogen-bond donors (Lipinski definition) is 5. The molecule has 0 radical (unpaired) electrons. The lowest BCUT2D eigenvalue weighted by atomic mass is 10.1. The van der Waals surface area contributed by atoms with Crippen molar-refractivity contribution >= 4 is 25.7 Å². The summed E-state index contributed by atoms with van der Waals surface area (Å²) in [4.78, 5) is 43.9. The second-order valence-electron chi connectivity index (χ2n) is 6.08. The van der Waals surface area contributed by atoms with E-state index in [1.54, 1.807) is 30.3 Å². The van der Waals surface area contributed by atoms with Gasteiger partial charge in [-0.25, -0.2) is 9.36 Å². The number of aliphatic carboxylic acids is 1. The highest BCUT2D eigenvalue weighted by molar-refractivity contribution is 7.48. The third-order valence-electron chi connectivity index (χ3n) is 3.62. The van der Waals surface area contributed by atoms with Crippen molar-refractivity contribution in [1.29, 1.82) is 0 Å². The second-order valence-corrected chi connectivity index (χ2v) is 7.46. The minimum Gasteiger partial charge on any atom is -0.480 e. The van der Waals surface area contributed by atoms with Crippen LogP contribution in [0.15, 0.2) is 30.3 Å². The van der Waals surface area contributed by atoms with Crippen LogP contribution in [0, 0.1) is 0 Å². The van der Waals surface area contributed by atoms with E-state index in [9.17, 15) is 23.8 Å². The van der Waals surface area contributed by atoms with Gasteiger partial charge in [0.2, 0.25) is 0 Å². The zero-order chi connectivity index (χ0) is 22.2. The first-order chi connectivity index (χ1) is 13.4. The van der Waals surface area contributed by atoms with Gasteiger partial charge in [0.1, 0.15) is 24.2 Å². The average molecular weight is 433 g/mol. The molecule has 0 bridgehead atoms. The zero-order valence-electron chi connectivity index (χ0n) is 15.5. The van der Waals surface area contributed by atoms with E-state index < -0.39 is 56.6 Å². The van der Waals surface area contributed by atoms with Crippen LogP contribution in [0.4, 0.5) is 0 Å². The van der Waals surface area contributed by atoms with Crippen molar-refractivity contribution in [3.05, 3.63) is 35.9 Å². The van der Waals surface area contributed by atoms with Gasteiger partial charge in [0.05, 0.1) is 6.61 Å². The van der Waals surface area contributed by atoms with Crippen LogP contribution in [0.5, 0.6) is 0 Å². The van der Waals surface area contributed by atoms with Crippen LogP contribution in [0.2, 0.25) is 0 Å². The minimum absolute atomic E-state index is 0.190. The van der Waals surface area contributed by atoms with Gasteiger partial charge in [-0.3, -0.25) is 19.0 Å². The quantitative estimate of drug-likeness (QED) is 0.207. The Morgan fingerprint density at radius 2 is 1.66 bits per heavy atom. The maximum absolute atomic E-state index is 12.1. The summed E-state index contributed by atoms with van der Waals surface area (Å²) in [6.07, 6.45) is -1.05. The minimum atomic E-state index is -4.97. The van der Waals surface area contributed by atoms with Crippen molar-refractivity contribution in [2.24, 2.45) is 17.2 Å². The van der Waals surface area contributed by atoms with Crippen LogP contribution in [0.3, 0.4) is 0 Å². The van der Waals surface area contributed by atoms with Gasteiger partial charge in [0, 0.05) is 0 Å². The molecule has 1 aromatic carbocycles. The maximum atomic E-state index is 12.1. The van der Waals surface area contributed by atoms with Crippen LogP contribution >= 0.6 is 7.82 Å². The van der Waals surface area contributed by atoms with Gasteiger partial charge in [0.15, 0.2) is 0 Å². The summed E-state index contributed by atoms with van der Waals surface area (Å²) in [5, 5.41) is 8.58. The van der Waals surface area contributed by atoms with Crippen molar-refractivity contribution in [3.8, 4) is 0 Å². The van der Waals surface area contributed by atoms with E-state index in [1.807, 2.05) is 0 Å². The molecule has 12 nitrogen and oxygen atoms in total. The molecule has 0 saturated heterocycles. The van der Waals surface area contributed by atoms with Gasteiger partial charge in [-0.2, -0.15) is 0 Å². The second kappa shape index (κ2) is 11.0. The lowest BCUT2D eigenvalue weighted by Crippen LogP contribution is -2.46. The molecule has 0 aliphatic rings. The number of rotatable bonds is 11. The SMILES string of the molecule is C[C@@H](OC(=O)[C@@H](N)Cc1ccccc1)[C@H](N)C(=O)OP(=O)(O)OC[C@H](N)C(=O)O. The standard InChI is InChI=1S/C16H24N3O9P/c1-9(27-15(22)11(17)7-10-5-3-2-4-6-10)13(19)16(23)28-29(24,25)26-8-12(18)14(20)21/h2-6,9,11-13H,7-8,17-19H2,1H3,(H,20,21)(H,24,25)/t9-,11+,12+,13+/m1/s1. The average Bonchev–Trinajstić information content (AvgIpc) is 2.65. The van der Waals surface area contributed by atoms with E-state index in [1.165, 1.54) is 6.92 Å². The number of ether oxygens (including phenoxy) is 1. The molecule has 1 unspecified atom stereocenters. The van der Waals surface area contributed by atoms with Crippen molar-refractivity contribution in [1.82, 2.24) is 0 Å². The summed E-state index contributed by atoms with van der Waals surface area (Å²) in [6.45, 7) is 0.382. The Bertz CT molecular complexity index is 761. The number of esters is 1. The van der Waals surface area contributed by atoms with Crippen LogP contribution in [-0.4, -0.2) is 58.7 Å². The molecule has 0 heterocycles. The van der Waals surface area contributed by atoms with E-state index in [4.69, 9.17) is 27.0 Å². The number of phosphoric acid groups is 1. The summed E-state index contributed by atoms with van der Waals surface area (Å²) in [7, 11) is -4.97. The Balaban J connectivity index is 2.55. The van der Waals surface area contributed by atoms with Crippen molar-refractivity contribution in [3.63, 3.8) is 0 Å². The zero-order valence-corrected chi connectivity index (χ0v) is 16.4. The highest BCUT2D eigenvalue weighted by Crippen LogP contribution is 2.43. The van der Waals surface area contributed by atoms with Gasteiger partial charge in [0.25, 0.3) is 0 Å². The molecule has 5 atom stereocenters. The summed E-state index contributed by atoms with van der Waals surface area (Å²) >= 11 is 0. The van der Waals surface area contributed by atoms with E-state index in [0.29, 0.717) is 0 Å². The molecule has 0 saturated carbocycles. The highest BCUT2D eigenvalue weighted by Gasteiger charge is 2.34. The van der Waals surface area contributed by atoms with E-state index in [0.717, 1.165) is 5.56 Å². The Labute approximate surface area is 166 Å². The first-order valence-electron chi connectivity index (χ1n) is 8.37. The summed E-state index contributed by atoms with van der Waals surface area (Å²) < 4.78 is 25.2. The number of benzene rings is 1. The van der Waals surface area contributed by atoms with E-state index >= 15 is 0 Å². The molecule has 0 aliphatic heterocycles. The first-order valence-corrected chi connectivity index (χ1v) is 9.87. The largest absolute Gasteiger partial charge is 0.529 e. The van der Waals surface area contributed by atoms with Crippen LogP contribution in [0.1, 0.15) is 12.5 Å². The molecule has 162 valence electrons. The maximum Gasteiger partial charge on any atom is 0.529 e. The highest BCUT2D eigenvalue weighted by atomic mass is 31.2. The fourth-order valence-electron chi connectivity index (χ4n) is 1.93. The van der Waals surface area contributed by atoms with Gasteiger partial charge < -0.3 is 31.6 Å². The van der Waals surface area contributed by atoms with Crippen molar-refractivity contribution in [2.45, 2.75) is 37.6 Å². The predicted octanol–water partition coefficient (Wildman–Crippen LogP) is -1.11. The third kappa shape index (κ3) is 8.69. The molecule has 13 heteroatoms. The Morgan fingerprint density at radius 3 is 2.21 bits per heavy atom. The number of carboxylic acids is 1. The van der Waals surface area contributed by atoms with E-state index in [-0.39, 0.29) is 6.42 Å². The summed E-state index contributed by atoms with van der Waals surface area (Å²) in [6, 6.07) is 4.66. The molecule has 29 heavy (non-hydrogen) atoms. The predicted molar refractivity (Wildman–Crippen MR) is 99.1 cm³/mol. The number of nitrogens with two attached hydrogens (primary N) is 3. The lowest BCUT2D eigenvalue weighted by Gasteiger charge is -2.22. The molecule has 0 aliphatic carbocycles. The first kappa shape index (κ1) is 24.7. The van der Waals surface area contributed by atoms with Gasteiger partial charge in [-0.05, 0) is 18.9 Å². The molecule has 0 spiro atoms. The number of phosphoric ester groups is 1. The molecule has 1 aromatic rings. The molecular weight excluding hydrogens is 409 g/mol. The van der Waals surface area contributed by atoms with E-state index in [2.05, 4.69) is 9.05 Å². The van der Waals surface area contributed by atoms with Crippen molar-refractivity contribution < 1.29 is 42.7 Å². The summed E-state index contributed by atoms with van der Waals surface area (Å²) in [5.41, 5.74) is 17.3. The Morgan fingerprint density at radius 1 is 1.07 bits per heavy atom. The van der Waals surface area contributed by atoms with Crippen LogP contribution in [0.25, 0.3) is 0 Å². The number of carboxylic acid groups (broad SMARTS) is 1. The van der Waals surface area contributed by atoms with Gasteiger partial charge >= 0.3 is 25.7 Å². The van der Waals surface area contributed by atoms with Crippen molar-refractivity contribution in [2.75, 3.05) is 6.61 Å².